The second-order valence-corrected chi connectivity index (χ2v) is 8.34. The molecule has 12 heteroatoms. The van der Waals surface area contributed by atoms with Crippen molar-refractivity contribution < 1.29 is 16.2 Å². The van der Waals surface area contributed by atoms with E-state index in [1.165, 1.54) is 0 Å². The van der Waals surface area contributed by atoms with E-state index in [0.29, 0.717) is 19.5 Å². The molecule has 0 radical (unpaired) electrons. The quantitative estimate of drug-likeness (QED) is 0.512. The van der Waals surface area contributed by atoms with Gasteiger partial charge < -0.3 is 0 Å². The molecule has 1 fully saturated rings. The van der Waals surface area contributed by atoms with Crippen molar-refractivity contribution in [2.45, 2.75) is 6.42 Å². The molecular weight excluding hydrogens is 271 g/mol. The standard InChI is InChI=1S/C3H8F2N5O2PS2/c4-14(11)8-13(6-2-1-3-7-13)9-15(5,12)10-14/h6-7H,1-3H2/t14-,15+. The minimum Gasteiger partial charge on any atom is -0.252 e. The Balaban J connectivity index is 2.66. The average Bonchev–Trinajstić information content (AvgIpc) is 1.97. The Bertz CT molecular complexity index is 547. The van der Waals surface area contributed by atoms with Crippen LogP contribution in [0.1, 0.15) is 6.42 Å². The van der Waals surface area contributed by atoms with Crippen molar-refractivity contribution in [3.05, 3.63) is 0 Å². The third kappa shape index (κ3) is 2.53. The topological polar surface area (TPSA) is 95.3 Å². The van der Waals surface area contributed by atoms with Crippen molar-refractivity contribution in [2.75, 3.05) is 13.1 Å². The molecule has 0 aromatic rings. The Labute approximate surface area is 86.5 Å². The summed E-state index contributed by atoms with van der Waals surface area (Å²) in [6.07, 6.45) is 0.713. The number of hydrogen-bond acceptors (Lipinski definition) is 5. The molecule has 2 rings (SSSR count). The largest absolute Gasteiger partial charge is 0.330 e. The van der Waals surface area contributed by atoms with Crippen LogP contribution >= 0.6 is 7.51 Å². The van der Waals surface area contributed by atoms with E-state index in [4.69, 9.17) is 0 Å². The van der Waals surface area contributed by atoms with Crippen LogP contribution in [0.4, 0.5) is 7.77 Å². The highest BCUT2D eigenvalue weighted by Gasteiger charge is 2.32. The monoisotopic (exact) mass is 279 g/mol. The van der Waals surface area contributed by atoms with Crippen LogP contribution in [0.25, 0.3) is 0 Å². The van der Waals surface area contributed by atoms with Gasteiger partial charge in [0.25, 0.3) is 0 Å². The molecule has 0 saturated carbocycles. The highest BCUT2D eigenvalue weighted by molar-refractivity contribution is 8.04. The minimum absolute atomic E-state index is 0.415. The predicted molar refractivity (Wildman–Crippen MR) is 53.3 cm³/mol. The van der Waals surface area contributed by atoms with Crippen molar-refractivity contribution >= 4 is 28.1 Å². The maximum Gasteiger partial charge on any atom is 0.330 e. The zero-order chi connectivity index (χ0) is 11.2. The Morgan fingerprint density at radius 2 is 1.73 bits per heavy atom. The van der Waals surface area contributed by atoms with E-state index in [1.54, 1.807) is 0 Å². The van der Waals surface area contributed by atoms with Crippen LogP contribution in [0.2, 0.25) is 0 Å². The van der Waals surface area contributed by atoms with Crippen LogP contribution in [0.15, 0.2) is 12.1 Å². The smallest absolute Gasteiger partial charge is 0.252 e. The van der Waals surface area contributed by atoms with Gasteiger partial charge in [-0.1, -0.05) is 3.77 Å². The molecule has 1 spiro atoms. The number of hydrogen-bond donors (Lipinski definition) is 2. The van der Waals surface area contributed by atoms with Crippen LogP contribution in [0, 0.1) is 0 Å². The summed E-state index contributed by atoms with van der Waals surface area (Å²) >= 11 is 0. The highest BCUT2D eigenvalue weighted by Crippen LogP contribution is 2.49. The molecule has 2 heterocycles. The van der Waals surface area contributed by atoms with Gasteiger partial charge in [-0.15, -0.1) is 16.1 Å². The molecule has 0 aromatic carbocycles. The molecule has 0 bridgehead atoms. The van der Waals surface area contributed by atoms with Gasteiger partial charge in [-0.05, 0) is 6.42 Å². The van der Waals surface area contributed by atoms with E-state index in [0.717, 1.165) is 0 Å². The average molecular weight is 279 g/mol. The zero-order valence-electron chi connectivity index (χ0n) is 7.30. The molecule has 2 aliphatic rings. The molecule has 0 aromatic heterocycles. The summed E-state index contributed by atoms with van der Waals surface area (Å²) in [5.74, 6) is 0. The van der Waals surface area contributed by atoms with E-state index < -0.39 is 28.1 Å². The van der Waals surface area contributed by atoms with Crippen LogP contribution < -0.4 is 10.2 Å². The third-order valence-electron chi connectivity index (χ3n) is 1.64. The maximum absolute atomic E-state index is 13.1. The summed E-state index contributed by atoms with van der Waals surface area (Å²) in [7, 11) is -12.4. The van der Waals surface area contributed by atoms with E-state index in [1.807, 2.05) is 0 Å². The molecule has 1 saturated heterocycles. The van der Waals surface area contributed by atoms with Crippen LogP contribution in [-0.2, 0) is 20.6 Å². The second kappa shape index (κ2) is 3.45. The summed E-state index contributed by atoms with van der Waals surface area (Å²) in [4.78, 5) is 0. The van der Waals surface area contributed by atoms with Crippen molar-refractivity contribution in [3.63, 3.8) is 0 Å². The number of nitrogens with one attached hydrogen (secondary N) is 2. The first-order chi connectivity index (χ1) is 6.83. The third-order valence-corrected chi connectivity index (χ3v) is 7.94. The van der Waals surface area contributed by atoms with Gasteiger partial charge in [-0.3, -0.25) is 10.2 Å². The molecule has 2 atom stereocenters. The number of nitrogens with zero attached hydrogens (tertiary/aromatic N) is 3. The SMILES string of the molecule is O=[S@@]1(F)=N[S@](=O)(F)=NP2(=N1)NCCCN2. The van der Waals surface area contributed by atoms with Crippen LogP contribution in [0.3, 0.4) is 0 Å². The zero-order valence-corrected chi connectivity index (χ0v) is 9.83. The summed E-state index contributed by atoms with van der Waals surface area (Å²) in [5, 5.41) is 5.23. The molecule has 0 aliphatic carbocycles. The lowest BCUT2D eigenvalue weighted by molar-refractivity contribution is 0.629. The molecular formula is C3H8F2N5O2PS2. The first kappa shape index (κ1) is 11.4. The lowest BCUT2D eigenvalue weighted by Gasteiger charge is -2.26. The molecule has 2 aliphatic heterocycles. The first-order valence-electron chi connectivity index (χ1n) is 3.93. The number of halogens is 2. The fraction of sp³-hybridized carbons (Fsp3) is 1.00. The van der Waals surface area contributed by atoms with Gasteiger partial charge in [0.1, 0.15) is 0 Å². The van der Waals surface area contributed by atoms with Gasteiger partial charge in [0, 0.05) is 13.1 Å². The van der Waals surface area contributed by atoms with Gasteiger partial charge in [-0.25, -0.2) is 0 Å². The van der Waals surface area contributed by atoms with E-state index in [9.17, 15) is 16.2 Å². The summed E-state index contributed by atoms with van der Waals surface area (Å²) in [6.45, 7) is 0.831. The Morgan fingerprint density at radius 1 is 1.13 bits per heavy atom. The Kier molecular flexibility index (Phi) is 2.62. The van der Waals surface area contributed by atoms with E-state index >= 15 is 0 Å². The fourth-order valence-corrected chi connectivity index (χ4v) is 7.56. The van der Waals surface area contributed by atoms with Crippen molar-refractivity contribution in [2.24, 2.45) is 12.1 Å². The summed E-state index contributed by atoms with van der Waals surface area (Å²) in [6, 6.07) is 0. The lowest BCUT2D eigenvalue weighted by Crippen LogP contribution is -2.32. The predicted octanol–water partition coefficient (Wildman–Crippen LogP) is 1.06. The Morgan fingerprint density at radius 3 is 2.27 bits per heavy atom. The minimum atomic E-state index is -4.62. The Hall–Kier alpha value is -0.0900. The number of rotatable bonds is 0. The first-order valence-corrected chi connectivity index (χ1v) is 8.37. The lowest BCUT2D eigenvalue weighted by atomic mass is 10.4. The van der Waals surface area contributed by atoms with Crippen molar-refractivity contribution in [1.82, 2.24) is 10.2 Å². The maximum atomic E-state index is 13.1. The summed E-state index contributed by atoms with van der Waals surface area (Å²) < 4.78 is 56.8. The van der Waals surface area contributed by atoms with Crippen LogP contribution in [0.5, 0.6) is 0 Å². The highest BCUT2D eigenvalue weighted by atomic mass is 32.3. The van der Waals surface area contributed by atoms with Gasteiger partial charge in [-0.2, -0.15) is 8.42 Å². The fourth-order valence-electron chi connectivity index (χ4n) is 1.18. The molecule has 0 amide bonds. The van der Waals surface area contributed by atoms with Crippen molar-refractivity contribution in [3.8, 4) is 0 Å². The summed E-state index contributed by atoms with van der Waals surface area (Å²) in [5.41, 5.74) is 0. The molecule has 88 valence electrons. The van der Waals surface area contributed by atoms with E-state index in [2.05, 4.69) is 22.2 Å². The molecule has 7 nitrogen and oxygen atoms in total. The normalized spacial score (nSPS) is 43.9. The van der Waals surface area contributed by atoms with E-state index in [-0.39, 0.29) is 0 Å². The van der Waals surface area contributed by atoms with Gasteiger partial charge in [0.2, 0.25) is 7.51 Å². The van der Waals surface area contributed by atoms with Crippen molar-refractivity contribution in [1.29, 1.82) is 0 Å². The second-order valence-electron chi connectivity index (χ2n) is 2.87. The van der Waals surface area contributed by atoms with Crippen LogP contribution in [-0.4, -0.2) is 21.5 Å². The van der Waals surface area contributed by atoms with Gasteiger partial charge in [0.05, 0.1) is 0 Å². The van der Waals surface area contributed by atoms with Gasteiger partial charge >= 0.3 is 20.6 Å². The van der Waals surface area contributed by atoms with Gasteiger partial charge in [0.15, 0.2) is 0 Å². The molecule has 0 unspecified atom stereocenters. The molecule has 15 heavy (non-hydrogen) atoms. The molecule has 2 N–H and O–H groups in total.